The quantitative estimate of drug-likeness (QED) is 0.177. The molecule has 0 radical (unpaired) electrons. The van der Waals surface area contributed by atoms with Crippen LogP contribution in [0.2, 0.25) is 0 Å². The second-order valence-corrected chi connectivity index (χ2v) is 10.3. The van der Waals surface area contributed by atoms with Gasteiger partial charge in [0, 0.05) is 12.8 Å². The van der Waals surface area contributed by atoms with Gasteiger partial charge in [0.1, 0.15) is 17.7 Å². The minimum atomic E-state index is -1.87. The number of hydrogen-bond donors (Lipinski definition) is 2. The molecule has 0 aliphatic rings. The smallest absolute Gasteiger partial charge is 0.480 e. The van der Waals surface area contributed by atoms with Crippen LogP contribution in [0.5, 0.6) is 11.5 Å². The predicted octanol–water partition coefficient (Wildman–Crippen LogP) is 5.08. The van der Waals surface area contributed by atoms with Crippen molar-refractivity contribution in [2.45, 2.75) is 85.5 Å². The van der Waals surface area contributed by atoms with Gasteiger partial charge in [0.25, 0.3) is 0 Å². The average Bonchev–Trinajstić information content (AvgIpc) is 2.82. The van der Waals surface area contributed by atoms with E-state index >= 15 is 0 Å². The number of nitrogens with two attached hydrogens (primary N) is 1. The van der Waals surface area contributed by atoms with Crippen LogP contribution in [0.1, 0.15) is 66.9 Å². The van der Waals surface area contributed by atoms with Crippen LogP contribution in [0.15, 0.2) is 18.2 Å². The summed E-state index contributed by atoms with van der Waals surface area (Å²) >= 11 is 0. The molecule has 0 spiro atoms. The summed E-state index contributed by atoms with van der Waals surface area (Å²) in [5.41, 5.74) is 4.69. The first-order valence-electron chi connectivity index (χ1n) is 12.9. The molecule has 12 heteroatoms. The molecule has 39 heavy (non-hydrogen) atoms. The summed E-state index contributed by atoms with van der Waals surface area (Å²) in [6.45, 7) is 12.6. The van der Waals surface area contributed by atoms with Crippen LogP contribution in [0, 0.1) is 11.8 Å². The average molecular weight is 556 g/mol. The molecule has 0 aliphatic carbocycles. The Morgan fingerprint density at radius 2 is 1.33 bits per heavy atom. The number of aliphatic carboxylic acids is 1. The zero-order valence-corrected chi connectivity index (χ0v) is 23.7. The molecule has 1 aromatic rings. The molecule has 0 saturated heterocycles. The standard InChI is InChI=1S/C27H41NO11/c1-8-18(6)36-26(33)37-19(7)12-27(28,23(29)30)13-20-9-10-21(38-24(31)34-14-16(2)3)22(11-20)39-25(32)35-15-17(4)5/h9-11,16-19H,8,12-15,28H2,1-7H3,(H,29,30)/t18?,19-,27?/m0/s1. The van der Waals surface area contributed by atoms with E-state index < -0.39 is 36.1 Å². The molecule has 0 fully saturated rings. The van der Waals surface area contributed by atoms with Crippen LogP contribution in [0.4, 0.5) is 14.4 Å². The maximum Gasteiger partial charge on any atom is 0.513 e. The van der Waals surface area contributed by atoms with Gasteiger partial charge in [-0.05, 0) is 49.8 Å². The zero-order valence-electron chi connectivity index (χ0n) is 23.7. The Balaban J connectivity index is 3.14. The Labute approximate surface area is 229 Å². The Morgan fingerprint density at radius 1 is 0.821 bits per heavy atom. The van der Waals surface area contributed by atoms with Gasteiger partial charge in [-0.3, -0.25) is 4.79 Å². The van der Waals surface area contributed by atoms with Crippen molar-refractivity contribution in [2.24, 2.45) is 17.6 Å². The minimum absolute atomic E-state index is 0.0470. The molecule has 220 valence electrons. The number of rotatable bonds is 14. The Morgan fingerprint density at radius 3 is 1.82 bits per heavy atom. The molecule has 1 aromatic carbocycles. The fourth-order valence-electron chi connectivity index (χ4n) is 3.13. The lowest BCUT2D eigenvalue weighted by atomic mass is 9.86. The SMILES string of the molecule is CCC(C)OC(=O)O[C@@H](C)CC(N)(Cc1ccc(OC(=O)OCC(C)C)c(OC(=O)OCC(C)C)c1)C(=O)O. The van der Waals surface area contributed by atoms with E-state index in [2.05, 4.69) is 0 Å². The number of carbonyl (C=O) groups excluding carboxylic acids is 3. The largest absolute Gasteiger partial charge is 0.513 e. The van der Waals surface area contributed by atoms with E-state index in [-0.39, 0.29) is 55.5 Å². The number of hydrogen-bond acceptors (Lipinski definition) is 11. The number of benzene rings is 1. The highest BCUT2D eigenvalue weighted by Gasteiger charge is 2.37. The van der Waals surface area contributed by atoms with Crippen molar-refractivity contribution >= 4 is 24.4 Å². The van der Waals surface area contributed by atoms with Gasteiger partial charge in [0.2, 0.25) is 0 Å². The summed E-state index contributed by atoms with van der Waals surface area (Å²) in [6, 6.07) is 4.10. The van der Waals surface area contributed by atoms with Crippen LogP contribution in [0.25, 0.3) is 0 Å². The van der Waals surface area contributed by atoms with E-state index in [1.54, 1.807) is 6.92 Å². The van der Waals surface area contributed by atoms with Gasteiger partial charge >= 0.3 is 24.4 Å². The first-order valence-corrected chi connectivity index (χ1v) is 12.9. The molecule has 3 atom stereocenters. The van der Waals surface area contributed by atoms with Crippen LogP contribution < -0.4 is 15.2 Å². The van der Waals surface area contributed by atoms with Gasteiger partial charge in [-0.1, -0.05) is 40.7 Å². The van der Waals surface area contributed by atoms with Crippen LogP contribution >= 0.6 is 0 Å². The van der Waals surface area contributed by atoms with E-state index in [0.717, 1.165) is 0 Å². The fraction of sp³-hybridized carbons (Fsp3) is 0.630. The molecule has 0 saturated carbocycles. The fourth-order valence-corrected chi connectivity index (χ4v) is 3.13. The lowest BCUT2D eigenvalue weighted by Crippen LogP contribution is -2.52. The molecule has 2 unspecified atom stereocenters. The van der Waals surface area contributed by atoms with Gasteiger partial charge in [0.05, 0.1) is 13.2 Å². The van der Waals surface area contributed by atoms with E-state index in [1.807, 2.05) is 34.6 Å². The highest BCUT2D eigenvalue weighted by molar-refractivity contribution is 5.79. The molecule has 0 bridgehead atoms. The third kappa shape index (κ3) is 12.7. The maximum absolute atomic E-state index is 12.2. The van der Waals surface area contributed by atoms with E-state index in [1.165, 1.54) is 25.1 Å². The molecule has 1 rings (SSSR count). The van der Waals surface area contributed by atoms with Gasteiger partial charge < -0.3 is 39.3 Å². The molecule has 12 nitrogen and oxygen atoms in total. The molecular formula is C27H41NO11. The van der Waals surface area contributed by atoms with E-state index in [4.69, 9.17) is 34.2 Å². The second-order valence-electron chi connectivity index (χ2n) is 10.3. The molecule has 0 heterocycles. The van der Waals surface area contributed by atoms with Gasteiger partial charge in [-0.2, -0.15) is 0 Å². The molecule has 3 N–H and O–H groups in total. The molecule has 0 aliphatic heterocycles. The summed E-state index contributed by atoms with van der Waals surface area (Å²) in [5, 5.41) is 9.89. The summed E-state index contributed by atoms with van der Waals surface area (Å²) in [5.74, 6) is -1.57. The van der Waals surface area contributed by atoms with Gasteiger partial charge in [0.15, 0.2) is 11.5 Å². The van der Waals surface area contributed by atoms with Crippen LogP contribution in [-0.4, -0.2) is 60.5 Å². The third-order valence-electron chi connectivity index (χ3n) is 5.23. The minimum Gasteiger partial charge on any atom is -0.480 e. The van der Waals surface area contributed by atoms with E-state index in [9.17, 15) is 24.3 Å². The Bertz CT molecular complexity index is 978. The van der Waals surface area contributed by atoms with Crippen molar-refractivity contribution in [1.82, 2.24) is 0 Å². The van der Waals surface area contributed by atoms with Gasteiger partial charge in [-0.15, -0.1) is 0 Å². The van der Waals surface area contributed by atoms with Crippen LogP contribution in [-0.2, 0) is 30.2 Å². The summed E-state index contributed by atoms with van der Waals surface area (Å²) < 4.78 is 30.7. The topological polar surface area (TPSA) is 170 Å². The highest BCUT2D eigenvalue weighted by Crippen LogP contribution is 2.31. The van der Waals surface area contributed by atoms with E-state index in [0.29, 0.717) is 12.0 Å². The third-order valence-corrected chi connectivity index (χ3v) is 5.23. The maximum atomic E-state index is 12.2. The molecular weight excluding hydrogens is 514 g/mol. The Kier molecular flexibility index (Phi) is 13.5. The van der Waals surface area contributed by atoms with Crippen molar-refractivity contribution in [3.63, 3.8) is 0 Å². The lowest BCUT2D eigenvalue weighted by Gasteiger charge is -2.28. The first kappa shape index (κ1) is 33.5. The van der Waals surface area contributed by atoms with Crippen molar-refractivity contribution in [2.75, 3.05) is 13.2 Å². The second kappa shape index (κ2) is 15.8. The lowest BCUT2D eigenvalue weighted by molar-refractivity contribution is -0.144. The van der Waals surface area contributed by atoms with Crippen molar-refractivity contribution in [3.8, 4) is 11.5 Å². The van der Waals surface area contributed by atoms with Crippen LogP contribution in [0.3, 0.4) is 0 Å². The van der Waals surface area contributed by atoms with Crippen molar-refractivity contribution in [1.29, 1.82) is 0 Å². The number of carboxylic acids is 1. The molecule has 0 amide bonds. The normalized spacial score (nSPS) is 14.1. The summed E-state index contributed by atoms with van der Waals surface area (Å²) in [6.07, 6.45) is -4.12. The highest BCUT2D eigenvalue weighted by atomic mass is 16.7. The number of carboxylic acid groups (broad SMARTS) is 1. The summed E-state index contributed by atoms with van der Waals surface area (Å²) in [7, 11) is 0. The number of carbonyl (C=O) groups is 4. The monoisotopic (exact) mass is 555 g/mol. The summed E-state index contributed by atoms with van der Waals surface area (Å²) in [4.78, 5) is 48.4. The van der Waals surface area contributed by atoms with Crippen molar-refractivity contribution in [3.05, 3.63) is 23.8 Å². The predicted molar refractivity (Wildman–Crippen MR) is 140 cm³/mol. The zero-order chi connectivity index (χ0) is 29.8. The Hall–Kier alpha value is -3.54. The first-order chi connectivity index (χ1) is 18.1. The molecule has 0 aromatic heterocycles. The number of ether oxygens (including phenoxy) is 6. The van der Waals surface area contributed by atoms with Gasteiger partial charge in [-0.25, -0.2) is 14.4 Å². The van der Waals surface area contributed by atoms with Crippen molar-refractivity contribution < 1.29 is 52.7 Å².